The minimum atomic E-state index is -0.481. The average Bonchev–Trinajstić information content (AvgIpc) is 2.96. The fraction of sp³-hybridized carbons (Fsp3) is 0.121. The van der Waals surface area contributed by atoms with E-state index in [9.17, 15) is 14.4 Å². The Morgan fingerprint density at radius 1 is 0.780 bits per heavy atom. The molecule has 0 aliphatic heterocycles. The van der Waals surface area contributed by atoms with Crippen LogP contribution in [0.15, 0.2) is 108 Å². The molecule has 3 N–H and O–H groups in total. The number of amides is 3. The first kappa shape index (κ1) is 29.2. The Bertz CT molecular complexity index is 1550. The second-order valence-corrected chi connectivity index (χ2v) is 10.4. The third kappa shape index (κ3) is 8.84. The Balaban J connectivity index is 1.41. The lowest BCUT2D eigenvalue weighted by molar-refractivity contribution is -0.114. The number of hydrogen-bond donors (Lipinski definition) is 3. The normalized spacial score (nSPS) is 11.0. The number of nitrogens with one attached hydrogen (secondary N) is 3. The quantitative estimate of drug-likeness (QED) is 0.152. The minimum absolute atomic E-state index is 0.0774. The summed E-state index contributed by atoms with van der Waals surface area (Å²) in [5.74, 6) is -0.105. The number of aryl methyl sites for hydroxylation is 2. The largest absolute Gasteiger partial charge is 0.497 e. The zero-order valence-corrected chi connectivity index (χ0v) is 23.9. The highest BCUT2D eigenvalue weighted by molar-refractivity contribution is 8.00. The molecule has 208 valence electrons. The zero-order valence-electron chi connectivity index (χ0n) is 23.1. The predicted molar refractivity (Wildman–Crippen MR) is 165 cm³/mol. The number of carbonyl (C=O) groups excluding carboxylic acids is 3. The van der Waals surface area contributed by atoms with Gasteiger partial charge in [0.15, 0.2) is 0 Å². The zero-order chi connectivity index (χ0) is 29.2. The van der Waals surface area contributed by atoms with Gasteiger partial charge in [-0.05, 0) is 97.3 Å². The molecule has 0 spiro atoms. The van der Waals surface area contributed by atoms with Gasteiger partial charge >= 0.3 is 0 Å². The monoisotopic (exact) mass is 565 g/mol. The Morgan fingerprint density at radius 2 is 1.49 bits per heavy atom. The second kappa shape index (κ2) is 14.0. The molecule has 7 nitrogen and oxygen atoms in total. The summed E-state index contributed by atoms with van der Waals surface area (Å²) in [7, 11) is 1.56. The first-order valence-corrected chi connectivity index (χ1v) is 13.9. The standard InChI is InChI=1S/C33H31N3O4S/c1-22-16-23(2)18-27(17-22)34-31(37)21-41-29-14-12-26(13-15-29)35-33(39)30(20-24-8-7-11-28(19-24)40-3)36-32(38)25-9-5-4-6-10-25/h4-20H,21H2,1-3H3,(H,34,37)(H,35,39)(H,36,38)/b30-20-. The molecule has 41 heavy (non-hydrogen) atoms. The second-order valence-electron chi connectivity index (χ2n) is 9.35. The van der Waals surface area contributed by atoms with Gasteiger partial charge in [-0.25, -0.2) is 0 Å². The molecule has 4 rings (SSSR count). The number of anilines is 2. The van der Waals surface area contributed by atoms with Crippen LogP contribution in [-0.2, 0) is 9.59 Å². The van der Waals surface area contributed by atoms with Gasteiger partial charge in [0, 0.05) is 21.8 Å². The number of benzene rings is 4. The van der Waals surface area contributed by atoms with Gasteiger partial charge in [-0.15, -0.1) is 11.8 Å². The molecule has 8 heteroatoms. The van der Waals surface area contributed by atoms with Gasteiger partial charge in [0.1, 0.15) is 11.4 Å². The van der Waals surface area contributed by atoms with Crippen LogP contribution in [-0.4, -0.2) is 30.6 Å². The highest BCUT2D eigenvalue weighted by atomic mass is 32.2. The van der Waals surface area contributed by atoms with Crippen LogP contribution in [0, 0.1) is 13.8 Å². The molecular weight excluding hydrogens is 534 g/mol. The van der Waals surface area contributed by atoms with Crippen LogP contribution in [0.4, 0.5) is 11.4 Å². The molecule has 0 bridgehead atoms. The number of ether oxygens (including phenoxy) is 1. The van der Waals surface area contributed by atoms with E-state index in [-0.39, 0.29) is 17.4 Å². The Labute approximate surface area is 244 Å². The lowest BCUT2D eigenvalue weighted by Gasteiger charge is -2.12. The first-order chi connectivity index (χ1) is 19.8. The van der Waals surface area contributed by atoms with E-state index in [1.807, 2.05) is 50.2 Å². The van der Waals surface area contributed by atoms with Crippen molar-refractivity contribution in [1.29, 1.82) is 0 Å². The van der Waals surface area contributed by atoms with Crippen LogP contribution in [0.3, 0.4) is 0 Å². The van der Waals surface area contributed by atoms with E-state index in [2.05, 4.69) is 22.0 Å². The number of rotatable bonds is 10. The van der Waals surface area contributed by atoms with Crippen molar-refractivity contribution in [1.82, 2.24) is 5.32 Å². The molecule has 3 amide bonds. The molecule has 4 aromatic rings. The highest BCUT2D eigenvalue weighted by Gasteiger charge is 2.15. The fourth-order valence-electron chi connectivity index (χ4n) is 4.07. The molecule has 0 aromatic heterocycles. The predicted octanol–water partition coefficient (Wildman–Crippen LogP) is 6.45. The van der Waals surface area contributed by atoms with Crippen molar-refractivity contribution < 1.29 is 19.1 Å². The van der Waals surface area contributed by atoms with Crippen molar-refractivity contribution in [3.63, 3.8) is 0 Å². The molecule has 0 atom stereocenters. The van der Waals surface area contributed by atoms with Gasteiger partial charge in [0.05, 0.1) is 12.9 Å². The summed E-state index contributed by atoms with van der Waals surface area (Å²) in [5.41, 5.74) is 4.70. The van der Waals surface area contributed by atoms with Gasteiger partial charge in [0.2, 0.25) is 5.91 Å². The van der Waals surface area contributed by atoms with Gasteiger partial charge in [-0.3, -0.25) is 14.4 Å². The third-order valence-corrected chi connectivity index (χ3v) is 6.93. The summed E-state index contributed by atoms with van der Waals surface area (Å²) in [4.78, 5) is 39.4. The van der Waals surface area contributed by atoms with Crippen LogP contribution < -0.4 is 20.7 Å². The smallest absolute Gasteiger partial charge is 0.272 e. The van der Waals surface area contributed by atoms with Crippen LogP contribution in [0.25, 0.3) is 6.08 Å². The van der Waals surface area contributed by atoms with Crippen molar-refractivity contribution in [2.45, 2.75) is 18.7 Å². The summed E-state index contributed by atoms with van der Waals surface area (Å²) in [6, 6.07) is 29.0. The van der Waals surface area contributed by atoms with E-state index in [4.69, 9.17) is 4.74 Å². The highest BCUT2D eigenvalue weighted by Crippen LogP contribution is 2.22. The lowest BCUT2D eigenvalue weighted by atomic mass is 10.1. The Hall–Kier alpha value is -4.82. The van der Waals surface area contributed by atoms with Crippen molar-refractivity contribution in [3.05, 3.63) is 125 Å². The van der Waals surface area contributed by atoms with Gasteiger partial charge in [0.25, 0.3) is 11.8 Å². The maximum atomic E-state index is 13.3. The van der Waals surface area contributed by atoms with E-state index in [0.29, 0.717) is 22.6 Å². The van der Waals surface area contributed by atoms with Crippen molar-refractivity contribution in [3.8, 4) is 5.75 Å². The van der Waals surface area contributed by atoms with Gasteiger partial charge in [-0.1, -0.05) is 36.4 Å². The summed E-state index contributed by atoms with van der Waals surface area (Å²) < 4.78 is 5.28. The maximum Gasteiger partial charge on any atom is 0.272 e. The molecular formula is C33H31N3O4S. The van der Waals surface area contributed by atoms with Crippen LogP contribution >= 0.6 is 11.8 Å². The molecule has 0 unspecified atom stereocenters. The fourth-order valence-corrected chi connectivity index (χ4v) is 4.76. The van der Waals surface area contributed by atoms with Gasteiger partial charge < -0.3 is 20.7 Å². The summed E-state index contributed by atoms with van der Waals surface area (Å²) in [5, 5.41) is 8.51. The van der Waals surface area contributed by atoms with E-state index >= 15 is 0 Å². The third-order valence-electron chi connectivity index (χ3n) is 5.92. The Morgan fingerprint density at radius 3 is 2.17 bits per heavy atom. The molecule has 0 heterocycles. The molecule has 0 aliphatic carbocycles. The van der Waals surface area contributed by atoms with E-state index in [0.717, 1.165) is 21.7 Å². The molecule has 0 saturated heterocycles. The summed E-state index contributed by atoms with van der Waals surface area (Å²) in [6.07, 6.45) is 1.59. The SMILES string of the molecule is COc1cccc(/C=C(\NC(=O)c2ccccc2)C(=O)Nc2ccc(SCC(=O)Nc3cc(C)cc(C)c3)cc2)c1. The van der Waals surface area contributed by atoms with Gasteiger partial charge in [-0.2, -0.15) is 0 Å². The lowest BCUT2D eigenvalue weighted by Crippen LogP contribution is -2.30. The van der Waals surface area contributed by atoms with Crippen molar-refractivity contribution >= 4 is 46.9 Å². The number of thioether (sulfide) groups is 1. The van der Waals surface area contributed by atoms with Crippen LogP contribution in [0.2, 0.25) is 0 Å². The molecule has 0 saturated carbocycles. The topological polar surface area (TPSA) is 96.5 Å². The van der Waals surface area contributed by atoms with Crippen LogP contribution in [0.1, 0.15) is 27.0 Å². The molecule has 0 radical (unpaired) electrons. The van der Waals surface area contributed by atoms with Crippen molar-refractivity contribution in [2.24, 2.45) is 0 Å². The van der Waals surface area contributed by atoms with E-state index < -0.39 is 11.8 Å². The number of hydrogen-bond acceptors (Lipinski definition) is 5. The van der Waals surface area contributed by atoms with E-state index in [1.54, 1.807) is 67.8 Å². The Kier molecular flexibility index (Phi) is 9.96. The molecule has 0 aliphatic rings. The summed E-state index contributed by atoms with van der Waals surface area (Å²) >= 11 is 1.40. The summed E-state index contributed by atoms with van der Waals surface area (Å²) in [6.45, 7) is 3.99. The minimum Gasteiger partial charge on any atom is -0.497 e. The average molecular weight is 566 g/mol. The number of methoxy groups -OCH3 is 1. The molecule has 4 aromatic carbocycles. The first-order valence-electron chi connectivity index (χ1n) is 12.9. The van der Waals surface area contributed by atoms with E-state index in [1.165, 1.54) is 11.8 Å². The number of carbonyl (C=O) groups is 3. The maximum absolute atomic E-state index is 13.3. The van der Waals surface area contributed by atoms with Crippen molar-refractivity contribution in [2.75, 3.05) is 23.5 Å². The molecule has 0 fully saturated rings. The van der Waals surface area contributed by atoms with Crippen LogP contribution in [0.5, 0.6) is 5.75 Å².